The quantitative estimate of drug-likeness (QED) is 0.872. The Balaban J connectivity index is 1.94. The summed E-state index contributed by atoms with van der Waals surface area (Å²) < 4.78 is 5.66. The molecule has 16 heavy (non-hydrogen) atoms. The van der Waals surface area contributed by atoms with E-state index < -0.39 is 0 Å². The Morgan fingerprint density at radius 2 is 2.44 bits per heavy atom. The van der Waals surface area contributed by atoms with E-state index in [2.05, 4.69) is 23.3 Å². The van der Waals surface area contributed by atoms with E-state index in [1.807, 2.05) is 18.2 Å². The molecule has 1 aromatic rings. The highest BCUT2D eigenvalue weighted by Crippen LogP contribution is 2.18. The van der Waals surface area contributed by atoms with Crippen molar-refractivity contribution in [1.82, 2.24) is 5.32 Å². The zero-order valence-corrected chi connectivity index (χ0v) is 10.2. The minimum absolute atomic E-state index is 0.262. The molecule has 4 heteroatoms. The summed E-state index contributed by atoms with van der Waals surface area (Å²) in [5.41, 5.74) is 1.13. The lowest BCUT2D eigenvalue weighted by molar-refractivity contribution is 0.0340. The van der Waals surface area contributed by atoms with Gasteiger partial charge in [0.25, 0.3) is 0 Å². The third-order valence-corrected chi connectivity index (χ3v) is 2.97. The van der Waals surface area contributed by atoms with Crippen LogP contribution in [0.4, 0.5) is 5.69 Å². The lowest BCUT2D eigenvalue weighted by Gasteiger charge is -2.29. The number of ether oxygens (including phenoxy) is 1. The molecule has 1 aliphatic rings. The maximum absolute atomic E-state index is 5.96. The van der Waals surface area contributed by atoms with E-state index in [1.54, 1.807) is 0 Å². The highest BCUT2D eigenvalue weighted by atomic mass is 35.5. The van der Waals surface area contributed by atoms with E-state index in [9.17, 15) is 0 Å². The molecular formula is C12H17ClN2O. The average molecular weight is 241 g/mol. The van der Waals surface area contributed by atoms with Gasteiger partial charge in [-0.15, -0.1) is 0 Å². The Kier molecular flexibility index (Phi) is 4.04. The number of likely N-dealkylation sites (N-methyl/N-ethyl adjacent to an activating group) is 1. The molecule has 0 aliphatic carbocycles. The lowest BCUT2D eigenvalue weighted by atomic mass is 10.2. The fourth-order valence-corrected chi connectivity index (χ4v) is 2.05. The summed E-state index contributed by atoms with van der Waals surface area (Å²) in [5.74, 6) is 0. The first-order chi connectivity index (χ1) is 7.75. The largest absolute Gasteiger partial charge is 0.374 e. The molecule has 0 saturated carbocycles. The number of nitrogens with zero attached hydrogens (tertiary/aromatic N) is 1. The van der Waals surface area contributed by atoms with Gasteiger partial charge in [-0.25, -0.2) is 0 Å². The molecule has 0 aromatic heterocycles. The van der Waals surface area contributed by atoms with Gasteiger partial charge < -0.3 is 15.0 Å². The average Bonchev–Trinajstić information content (AvgIpc) is 2.30. The molecule has 0 bridgehead atoms. The molecule has 88 valence electrons. The fourth-order valence-electron chi connectivity index (χ4n) is 1.86. The van der Waals surface area contributed by atoms with E-state index in [1.165, 1.54) is 0 Å². The second kappa shape index (κ2) is 5.53. The van der Waals surface area contributed by atoms with Gasteiger partial charge in [0.1, 0.15) is 0 Å². The normalized spacial score (nSPS) is 20.8. The molecule has 0 radical (unpaired) electrons. The number of morpholine rings is 1. The third kappa shape index (κ3) is 3.11. The molecule has 1 aromatic carbocycles. The summed E-state index contributed by atoms with van der Waals surface area (Å²) in [5, 5.41) is 4.10. The van der Waals surface area contributed by atoms with Gasteiger partial charge in [-0.3, -0.25) is 0 Å². The van der Waals surface area contributed by atoms with E-state index in [0.717, 1.165) is 37.0 Å². The number of halogens is 1. The van der Waals surface area contributed by atoms with E-state index >= 15 is 0 Å². The summed E-state index contributed by atoms with van der Waals surface area (Å²) in [6.45, 7) is 3.56. The summed E-state index contributed by atoms with van der Waals surface area (Å²) in [6.07, 6.45) is 0.262. The molecule has 1 N–H and O–H groups in total. The van der Waals surface area contributed by atoms with Crippen molar-refractivity contribution >= 4 is 17.3 Å². The van der Waals surface area contributed by atoms with Gasteiger partial charge in [0, 0.05) is 37.4 Å². The highest BCUT2D eigenvalue weighted by molar-refractivity contribution is 6.30. The van der Waals surface area contributed by atoms with E-state index in [4.69, 9.17) is 16.3 Å². The van der Waals surface area contributed by atoms with Crippen molar-refractivity contribution in [2.24, 2.45) is 0 Å². The Labute approximate surface area is 101 Å². The van der Waals surface area contributed by atoms with Gasteiger partial charge in [0.2, 0.25) is 0 Å². The first-order valence-electron chi connectivity index (χ1n) is 5.55. The van der Waals surface area contributed by atoms with Crippen LogP contribution in [-0.2, 0) is 4.74 Å². The predicted octanol–water partition coefficient (Wildman–Crippen LogP) is 1.76. The Hall–Kier alpha value is -0.770. The number of hydrogen-bond donors (Lipinski definition) is 1. The topological polar surface area (TPSA) is 24.5 Å². The molecule has 1 aliphatic heterocycles. The van der Waals surface area contributed by atoms with Crippen LogP contribution in [0.2, 0.25) is 5.02 Å². The van der Waals surface area contributed by atoms with Crippen molar-refractivity contribution in [3.05, 3.63) is 29.3 Å². The molecule has 1 heterocycles. The van der Waals surface area contributed by atoms with Crippen molar-refractivity contribution in [3.8, 4) is 0 Å². The van der Waals surface area contributed by atoms with E-state index in [0.29, 0.717) is 0 Å². The maximum atomic E-state index is 5.96. The molecule has 0 amide bonds. The Morgan fingerprint density at radius 3 is 3.12 bits per heavy atom. The lowest BCUT2D eigenvalue weighted by Crippen LogP contribution is -2.44. The second-order valence-electron chi connectivity index (χ2n) is 4.06. The predicted molar refractivity (Wildman–Crippen MR) is 67.3 cm³/mol. The molecule has 1 fully saturated rings. The zero-order chi connectivity index (χ0) is 11.4. The summed E-state index contributed by atoms with van der Waals surface area (Å²) in [4.78, 5) is 2.17. The van der Waals surface area contributed by atoms with Crippen LogP contribution in [0, 0.1) is 0 Å². The smallest absolute Gasteiger partial charge is 0.0874 e. The van der Waals surface area contributed by atoms with Crippen LogP contribution in [-0.4, -0.2) is 39.4 Å². The summed E-state index contributed by atoms with van der Waals surface area (Å²) in [6, 6.07) is 7.88. The number of anilines is 1. The molecule has 0 spiro atoms. The van der Waals surface area contributed by atoms with E-state index in [-0.39, 0.29) is 6.10 Å². The molecule has 2 rings (SSSR count). The SMILES string of the molecule is CN(CC1CNCCO1)c1cccc(Cl)c1. The molecule has 1 saturated heterocycles. The van der Waals surface area contributed by atoms with Crippen LogP contribution in [0.5, 0.6) is 0 Å². The van der Waals surface area contributed by atoms with Gasteiger partial charge in [-0.1, -0.05) is 17.7 Å². The van der Waals surface area contributed by atoms with Crippen molar-refractivity contribution < 1.29 is 4.74 Å². The fraction of sp³-hybridized carbons (Fsp3) is 0.500. The first kappa shape index (κ1) is 11.7. The van der Waals surface area contributed by atoms with Crippen LogP contribution in [0.15, 0.2) is 24.3 Å². The van der Waals surface area contributed by atoms with Gasteiger partial charge in [-0.2, -0.15) is 0 Å². The minimum Gasteiger partial charge on any atom is -0.374 e. The number of rotatable bonds is 3. The van der Waals surface area contributed by atoms with Crippen LogP contribution in [0.25, 0.3) is 0 Å². The number of hydrogen-bond acceptors (Lipinski definition) is 3. The highest BCUT2D eigenvalue weighted by Gasteiger charge is 2.15. The van der Waals surface area contributed by atoms with Crippen molar-refractivity contribution in [2.45, 2.75) is 6.10 Å². The minimum atomic E-state index is 0.262. The van der Waals surface area contributed by atoms with Gasteiger partial charge in [-0.05, 0) is 18.2 Å². The standard InChI is InChI=1S/C12H17ClN2O/c1-15(9-12-8-14-5-6-16-12)11-4-2-3-10(13)7-11/h2-4,7,12,14H,5-6,8-9H2,1H3. The molecular weight excluding hydrogens is 224 g/mol. The Bertz CT molecular complexity index is 340. The third-order valence-electron chi connectivity index (χ3n) is 2.73. The van der Waals surface area contributed by atoms with Crippen molar-refractivity contribution in [1.29, 1.82) is 0 Å². The van der Waals surface area contributed by atoms with Gasteiger partial charge in [0.05, 0.1) is 12.7 Å². The summed E-state index contributed by atoms with van der Waals surface area (Å²) >= 11 is 5.96. The zero-order valence-electron chi connectivity index (χ0n) is 9.45. The number of benzene rings is 1. The Morgan fingerprint density at radius 1 is 1.56 bits per heavy atom. The molecule has 3 nitrogen and oxygen atoms in total. The van der Waals surface area contributed by atoms with Gasteiger partial charge >= 0.3 is 0 Å². The number of nitrogens with one attached hydrogen (secondary N) is 1. The van der Waals surface area contributed by atoms with Gasteiger partial charge in [0.15, 0.2) is 0 Å². The van der Waals surface area contributed by atoms with Crippen molar-refractivity contribution in [3.63, 3.8) is 0 Å². The summed E-state index contributed by atoms with van der Waals surface area (Å²) in [7, 11) is 2.06. The monoisotopic (exact) mass is 240 g/mol. The van der Waals surface area contributed by atoms with Crippen LogP contribution in [0.1, 0.15) is 0 Å². The van der Waals surface area contributed by atoms with Crippen LogP contribution in [0.3, 0.4) is 0 Å². The van der Waals surface area contributed by atoms with Crippen molar-refractivity contribution in [2.75, 3.05) is 38.2 Å². The first-order valence-corrected chi connectivity index (χ1v) is 5.92. The molecule has 1 unspecified atom stereocenters. The van der Waals surface area contributed by atoms with Crippen LogP contribution >= 0.6 is 11.6 Å². The maximum Gasteiger partial charge on any atom is 0.0874 e. The molecule has 1 atom stereocenters. The van der Waals surface area contributed by atoms with Crippen LogP contribution < -0.4 is 10.2 Å². The second-order valence-corrected chi connectivity index (χ2v) is 4.49.